The lowest BCUT2D eigenvalue weighted by molar-refractivity contribution is 0.425. The molecule has 2 N–H and O–H groups in total. The summed E-state index contributed by atoms with van der Waals surface area (Å²) >= 11 is 5.49. The minimum absolute atomic E-state index is 0. The Balaban J connectivity index is 0.00000240. The summed E-state index contributed by atoms with van der Waals surface area (Å²) in [5.74, 6) is -0.952. The van der Waals surface area contributed by atoms with Crippen LogP contribution in [0.5, 0.6) is 0 Å². The highest BCUT2D eigenvalue weighted by Crippen LogP contribution is 2.31. The summed E-state index contributed by atoms with van der Waals surface area (Å²) in [5.41, 5.74) is 3.72. The zero-order valence-corrected chi connectivity index (χ0v) is 17.6. The van der Waals surface area contributed by atoms with Gasteiger partial charge in [0, 0.05) is 30.5 Å². The maximum Gasteiger partial charge on any atom is 0.177 e. The van der Waals surface area contributed by atoms with E-state index >= 15 is 0 Å². The molecule has 0 saturated carbocycles. The lowest BCUT2D eigenvalue weighted by Crippen LogP contribution is -2.20. The molecule has 0 saturated heterocycles. The van der Waals surface area contributed by atoms with E-state index in [2.05, 4.69) is 22.4 Å². The molecule has 154 valence electrons. The molecule has 1 aliphatic rings. The number of hydrogen-bond donors (Lipinski definition) is 2. The number of nitrogens with zero attached hydrogens (tertiary/aromatic N) is 1. The van der Waals surface area contributed by atoms with Crippen molar-refractivity contribution in [3.05, 3.63) is 87.5 Å². The van der Waals surface area contributed by atoms with Crippen molar-refractivity contribution in [1.29, 1.82) is 0 Å². The summed E-state index contributed by atoms with van der Waals surface area (Å²) in [6, 6.07) is 12.9. The van der Waals surface area contributed by atoms with E-state index in [1.807, 2.05) is 29.0 Å². The van der Waals surface area contributed by atoms with Gasteiger partial charge in [-0.25, -0.2) is 8.78 Å². The Hall–Kier alpha value is -2.02. The van der Waals surface area contributed by atoms with E-state index in [0.29, 0.717) is 29.7 Å². The van der Waals surface area contributed by atoms with Crippen molar-refractivity contribution in [1.82, 2.24) is 14.9 Å². The van der Waals surface area contributed by atoms with Crippen LogP contribution in [0.3, 0.4) is 0 Å². The Morgan fingerprint density at radius 2 is 1.97 bits per heavy atom. The Bertz CT molecular complexity index is 1020. The number of aromatic nitrogens is 2. The molecule has 29 heavy (non-hydrogen) atoms. The van der Waals surface area contributed by atoms with Crippen LogP contribution in [0.1, 0.15) is 34.8 Å². The highest BCUT2D eigenvalue weighted by Gasteiger charge is 2.24. The number of hydrogen-bond acceptors (Lipinski definition) is 2. The fraction of sp³-hybridized carbons (Fsp3) is 0.318. The molecule has 1 aromatic heterocycles. The second-order valence-corrected chi connectivity index (χ2v) is 7.71. The van der Waals surface area contributed by atoms with Gasteiger partial charge >= 0.3 is 0 Å². The molecule has 2 aromatic carbocycles. The third kappa shape index (κ3) is 5.13. The Morgan fingerprint density at radius 1 is 1.17 bits per heavy atom. The Kier molecular flexibility index (Phi) is 7.22. The number of halogens is 3. The smallest absolute Gasteiger partial charge is 0.177 e. The molecule has 7 heteroatoms. The molecule has 0 amide bonds. The monoisotopic (exact) mass is 435 g/mol. The second-order valence-electron chi connectivity index (χ2n) is 7.33. The van der Waals surface area contributed by atoms with Crippen LogP contribution in [-0.2, 0) is 25.8 Å². The second kappa shape index (κ2) is 9.65. The molecule has 0 fully saturated rings. The van der Waals surface area contributed by atoms with Gasteiger partial charge < -0.3 is 14.9 Å². The normalized spacial score (nSPS) is 15.6. The molecular formula is C22H24ClF2N3S. The minimum atomic E-state index is -0.516. The summed E-state index contributed by atoms with van der Waals surface area (Å²) in [6.45, 7) is 1.58. The summed E-state index contributed by atoms with van der Waals surface area (Å²) in [7, 11) is 0. The maximum atomic E-state index is 14.0. The van der Waals surface area contributed by atoms with E-state index in [0.717, 1.165) is 36.7 Å². The predicted octanol–water partition coefficient (Wildman–Crippen LogP) is 5.31. The first-order valence-corrected chi connectivity index (χ1v) is 10.0. The van der Waals surface area contributed by atoms with E-state index in [4.69, 9.17) is 12.2 Å². The fourth-order valence-corrected chi connectivity index (χ4v) is 4.28. The van der Waals surface area contributed by atoms with Gasteiger partial charge in [0.05, 0.1) is 0 Å². The predicted molar refractivity (Wildman–Crippen MR) is 116 cm³/mol. The van der Waals surface area contributed by atoms with Crippen molar-refractivity contribution in [2.75, 3.05) is 6.54 Å². The zero-order valence-electron chi connectivity index (χ0n) is 16.0. The van der Waals surface area contributed by atoms with Crippen molar-refractivity contribution in [3.63, 3.8) is 0 Å². The first-order chi connectivity index (χ1) is 13.6. The van der Waals surface area contributed by atoms with Crippen molar-refractivity contribution in [2.24, 2.45) is 0 Å². The van der Waals surface area contributed by atoms with Crippen molar-refractivity contribution in [2.45, 2.75) is 38.3 Å². The summed E-state index contributed by atoms with van der Waals surface area (Å²) < 4.78 is 30.2. The molecule has 1 aliphatic carbocycles. The lowest BCUT2D eigenvalue weighted by Gasteiger charge is -2.26. The van der Waals surface area contributed by atoms with Crippen LogP contribution in [0.2, 0.25) is 0 Å². The maximum absolute atomic E-state index is 14.0. The number of H-pyrrole nitrogens is 1. The molecule has 0 radical (unpaired) electrons. The van der Waals surface area contributed by atoms with Gasteiger partial charge in [0.15, 0.2) is 4.77 Å². The van der Waals surface area contributed by atoms with Gasteiger partial charge in [-0.2, -0.15) is 0 Å². The third-order valence-electron chi connectivity index (χ3n) is 5.37. The zero-order chi connectivity index (χ0) is 19.5. The molecule has 0 aliphatic heterocycles. The van der Waals surface area contributed by atoms with E-state index < -0.39 is 11.6 Å². The van der Waals surface area contributed by atoms with E-state index in [-0.39, 0.29) is 18.4 Å². The largest absolute Gasteiger partial charge is 0.333 e. The first kappa shape index (κ1) is 21.7. The van der Waals surface area contributed by atoms with Crippen LogP contribution in [0.25, 0.3) is 0 Å². The van der Waals surface area contributed by atoms with Crippen LogP contribution in [-0.4, -0.2) is 16.1 Å². The van der Waals surface area contributed by atoms with Gasteiger partial charge in [-0.3, -0.25) is 0 Å². The molecule has 0 spiro atoms. The highest BCUT2D eigenvalue weighted by molar-refractivity contribution is 7.71. The van der Waals surface area contributed by atoms with E-state index in [9.17, 15) is 8.78 Å². The number of fused-ring (bicyclic) bond motifs is 1. The molecule has 4 rings (SSSR count). The number of benzene rings is 2. The first-order valence-electron chi connectivity index (χ1n) is 9.61. The summed E-state index contributed by atoms with van der Waals surface area (Å²) in [5, 5.41) is 3.43. The molecule has 3 nitrogen and oxygen atoms in total. The van der Waals surface area contributed by atoms with Crippen molar-refractivity contribution in [3.8, 4) is 0 Å². The van der Waals surface area contributed by atoms with Crippen molar-refractivity contribution >= 4 is 24.6 Å². The molecule has 1 atom stereocenters. The van der Waals surface area contributed by atoms with Crippen LogP contribution in [0.15, 0.2) is 48.7 Å². The van der Waals surface area contributed by atoms with Gasteiger partial charge in [0.1, 0.15) is 11.6 Å². The van der Waals surface area contributed by atoms with Gasteiger partial charge in [0.25, 0.3) is 0 Å². The topological polar surface area (TPSA) is 32.8 Å². The molecule has 0 bridgehead atoms. The SMILES string of the molecule is Cl.Fc1cc(F)c2c(c1)CC(n1cc(CNCCc3ccccc3)[nH]c1=S)CC2. The Labute approximate surface area is 180 Å². The van der Waals surface area contributed by atoms with Crippen LogP contribution in [0, 0.1) is 16.4 Å². The van der Waals surface area contributed by atoms with E-state index in [1.165, 1.54) is 11.6 Å². The molecule has 1 unspecified atom stereocenters. The van der Waals surface area contributed by atoms with Crippen LogP contribution >= 0.6 is 24.6 Å². The number of aromatic amines is 1. The van der Waals surface area contributed by atoms with Crippen LogP contribution < -0.4 is 5.32 Å². The Morgan fingerprint density at radius 3 is 2.76 bits per heavy atom. The number of imidazole rings is 1. The lowest BCUT2D eigenvalue weighted by atomic mass is 9.87. The van der Waals surface area contributed by atoms with Gasteiger partial charge in [-0.05, 0) is 67.2 Å². The van der Waals surface area contributed by atoms with E-state index in [1.54, 1.807) is 0 Å². The minimum Gasteiger partial charge on any atom is -0.333 e. The molecule has 1 heterocycles. The van der Waals surface area contributed by atoms with Crippen molar-refractivity contribution < 1.29 is 8.78 Å². The van der Waals surface area contributed by atoms with Gasteiger partial charge in [0.2, 0.25) is 0 Å². The molecular weight excluding hydrogens is 412 g/mol. The molecule has 3 aromatic rings. The average Bonchev–Trinajstić information content (AvgIpc) is 3.06. The summed E-state index contributed by atoms with van der Waals surface area (Å²) in [4.78, 5) is 3.25. The van der Waals surface area contributed by atoms with Gasteiger partial charge in [-0.15, -0.1) is 12.4 Å². The summed E-state index contributed by atoms with van der Waals surface area (Å²) in [6.07, 6.45) is 4.99. The average molecular weight is 436 g/mol. The number of nitrogens with one attached hydrogen (secondary N) is 2. The van der Waals surface area contributed by atoms with Crippen LogP contribution in [0.4, 0.5) is 8.78 Å². The highest BCUT2D eigenvalue weighted by atomic mass is 35.5. The third-order valence-corrected chi connectivity index (χ3v) is 5.69. The quantitative estimate of drug-likeness (QED) is 0.406. The fourth-order valence-electron chi connectivity index (χ4n) is 3.95. The standard InChI is InChI=1S/C22H23F2N3S.ClH/c23-17-10-16-11-19(6-7-20(16)21(24)12-17)27-14-18(26-22(27)28)13-25-9-8-15-4-2-1-3-5-15;/h1-5,10,12,14,19,25H,6-9,11,13H2,(H,26,28);1H. The van der Waals surface area contributed by atoms with Gasteiger partial charge in [-0.1, -0.05) is 30.3 Å². The number of rotatable bonds is 6.